The standard InChI is InChI=1S/C19H17N3O2S2/c1-12-7-16(13(2)24-12)17-10-26-19(21-17)22-18(23)11-25-9-15-5-3-14(8-20)4-6-15/h3-7,10H,9,11H2,1-2H3,(H,21,22,23). The van der Waals surface area contributed by atoms with Crippen molar-refractivity contribution in [3.63, 3.8) is 0 Å². The van der Waals surface area contributed by atoms with Gasteiger partial charge in [-0.1, -0.05) is 12.1 Å². The second-order valence-corrected chi connectivity index (χ2v) is 7.56. The molecule has 0 aliphatic heterocycles. The predicted molar refractivity (Wildman–Crippen MR) is 105 cm³/mol. The van der Waals surface area contributed by atoms with Crippen molar-refractivity contribution in [1.29, 1.82) is 5.26 Å². The number of rotatable bonds is 6. The zero-order valence-electron chi connectivity index (χ0n) is 14.4. The molecule has 1 aromatic carbocycles. The number of hydrogen-bond donors (Lipinski definition) is 1. The molecule has 2 heterocycles. The number of hydrogen-bond acceptors (Lipinski definition) is 6. The number of aryl methyl sites for hydroxylation is 2. The summed E-state index contributed by atoms with van der Waals surface area (Å²) < 4.78 is 5.53. The smallest absolute Gasteiger partial charge is 0.236 e. The van der Waals surface area contributed by atoms with Crippen LogP contribution in [0.2, 0.25) is 0 Å². The molecule has 0 aliphatic rings. The van der Waals surface area contributed by atoms with Crippen LogP contribution in [0.15, 0.2) is 40.1 Å². The van der Waals surface area contributed by atoms with Crippen molar-refractivity contribution in [3.8, 4) is 17.3 Å². The van der Waals surface area contributed by atoms with E-state index in [1.807, 2.05) is 37.4 Å². The first-order valence-corrected chi connectivity index (χ1v) is 9.98. The van der Waals surface area contributed by atoms with E-state index in [4.69, 9.17) is 9.68 Å². The third kappa shape index (κ3) is 4.54. The quantitative estimate of drug-likeness (QED) is 0.664. The molecule has 0 aliphatic carbocycles. The minimum atomic E-state index is -0.0790. The van der Waals surface area contributed by atoms with Gasteiger partial charge in [-0.2, -0.15) is 5.26 Å². The maximum absolute atomic E-state index is 12.1. The van der Waals surface area contributed by atoms with Crippen LogP contribution >= 0.6 is 23.1 Å². The van der Waals surface area contributed by atoms with Crippen molar-refractivity contribution in [2.24, 2.45) is 0 Å². The second kappa shape index (κ2) is 8.21. The highest BCUT2D eigenvalue weighted by Crippen LogP contribution is 2.29. The molecule has 0 spiro atoms. The number of nitriles is 1. The van der Waals surface area contributed by atoms with E-state index in [-0.39, 0.29) is 5.91 Å². The molecular weight excluding hydrogens is 366 g/mol. The number of furan rings is 1. The first kappa shape index (κ1) is 18.2. The lowest BCUT2D eigenvalue weighted by molar-refractivity contribution is -0.113. The number of carbonyl (C=O) groups is 1. The van der Waals surface area contributed by atoms with Crippen molar-refractivity contribution in [2.45, 2.75) is 19.6 Å². The normalized spacial score (nSPS) is 10.5. The van der Waals surface area contributed by atoms with Crippen LogP contribution < -0.4 is 5.32 Å². The van der Waals surface area contributed by atoms with Gasteiger partial charge in [-0.3, -0.25) is 4.79 Å². The van der Waals surface area contributed by atoms with Crippen molar-refractivity contribution in [3.05, 3.63) is 58.4 Å². The highest BCUT2D eigenvalue weighted by atomic mass is 32.2. The molecule has 0 fully saturated rings. The average molecular weight is 383 g/mol. The van der Waals surface area contributed by atoms with Crippen molar-refractivity contribution >= 4 is 34.1 Å². The lowest BCUT2D eigenvalue weighted by Gasteiger charge is -2.03. The van der Waals surface area contributed by atoms with Gasteiger partial charge in [-0.25, -0.2) is 4.98 Å². The minimum absolute atomic E-state index is 0.0790. The largest absolute Gasteiger partial charge is 0.466 e. The van der Waals surface area contributed by atoms with E-state index in [1.165, 1.54) is 23.1 Å². The lowest BCUT2D eigenvalue weighted by Crippen LogP contribution is -2.13. The molecule has 0 saturated carbocycles. The Morgan fingerprint density at radius 2 is 2.12 bits per heavy atom. The van der Waals surface area contributed by atoms with E-state index in [0.29, 0.717) is 16.4 Å². The Kier molecular flexibility index (Phi) is 5.76. The molecule has 0 saturated heterocycles. The van der Waals surface area contributed by atoms with Crippen LogP contribution in [0, 0.1) is 25.2 Å². The van der Waals surface area contributed by atoms with Gasteiger partial charge in [0.1, 0.15) is 11.5 Å². The monoisotopic (exact) mass is 383 g/mol. The van der Waals surface area contributed by atoms with Crippen LogP contribution in [0.4, 0.5) is 5.13 Å². The Balaban J connectivity index is 1.50. The van der Waals surface area contributed by atoms with Crippen LogP contribution in [0.1, 0.15) is 22.6 Å². The molecule has 1 amide bonds. The van der Waals surface area contributed by atoms with E-state index in [1.54, 1.807) is 12.1 Å². The molecule has 7 heteroatoms. The number of nitrogens with one attached hydrogen (secondary N) is 1. The molecule has 0 radical (unpaired) electrons. The molecule has 0 bridgehead atoms. The molecule has 3 aromatic rings. The Bertz CT molecular complexity index is 952. The van der Waals surface area contributed by atoms with E-state index >= 15 is 0 Å². The van der Waals surface area contributed by atoms with Crippen molar-refractivity contribution in [1.82, 2.24) is 4.98 Å². The first-order chi connectivity index (χ1) is 12.5. The summed E-state index contributed by atoms with van der Waals surface area (Å²) in [6.45, 7) is 3.80. The van der Waals surface area contributed by atoms with Crippen LogP contribution in [0.3, 0.4) is 0 Å². The molecule has 0 atom stereocenters. The van der Waals surface area contributed by atoms with Gasteiger partial charge in [-0.05, 0) is 37.6 Å². The number of thiazole rings is 1. The van der Waals surface area contributed by atoms with Gasteiger partial charge >= 0.3 is 0 Å². The van der Waals surface area contributed by atoms with Gasteiger partial charge in [0.25, 0.3) is 0 Å². The molecule has 5 nitrogen and oxygen atoms in total. The summed E-state index contributed by atoms with van der Waals surface area (Å²) in [7, 11) is 0. The van der Waals surface area contributed by atoms with E-state index in [2.05, 4.69) is 16.4 Å². The molecule has 2 aromatic heterocycles. The molecule has 26 heavy (non-hydrogen) atoms. The Morgan fingerprint density at radius 3 is 2.77 bits per heavy atom. The van der Waals surface area contributed by atoms with E-state index in [9.17, 15) is 4.79 Å². The molecule has 3 rings (SSSR count). The highest BCUT2D eigenvalue weighted by molar-refractivity contribution is 7.99. The highest BCUT2D eigenvalue weighted by Gasteiger charge is 2.12. The van der Waals surface area contributed by atoms with E-state index < -0.39 is 0 Å². The van der Waals surface area contributed by atoms with E-state index in [0.717, 1.165) is 34.1 Å². The fourth-order valence-electron chi connectivity index (χ4n) is 2.43. The maximum Gasteiger partial charge on any atom is 0.236 e. The summed E-state index contributed by atoms with van der Waals surface area (Å²) in [6.07, 6.45) is 0. The summed E-state index contributed by atoms with van der Waals surface area (Å²) in [4.78, 5) is 16.6. The van der Waals surface area contributed by atoms with Gasteiger partial charge in [0, 0.05) is 16.7 Å². The topological polar surface area (TPSA) is 78.9 Å². The number of carbonyl (C=O) groups excluding carboxylic acids is 1. The maximum atomic E-state index is 12.1. The summed E-state index contributed by atoms with van der Waals surface area (Å²) in [5, 5.41) is 14.1. The Labute approximate surface area is 160 Å². The van der Waals surface area contributed by atoms with Gasteiger partial charge < -0.3 is 9.73 Å². The zero-order chi connectivity index (χ0) is 18.5. The number of amides is 1. The summed E-state index contributed by atoms with van der Waals surface area (Å²) >= 11 is 2.92. The Hall–Kier alpha value is -2.56. The van der Waals surface area contributed by atoms with Gasteiger partial charge in [0.2, 0.25) is 5.91 Å². The third-order valence-corrected chi connectivity index (χ3v) is 5.41. The number of nitrogens with zero attached hydrogens (tertiary/aromatic N) is 2. The molecule has 1 N–H and O–H groups in total. The first-order valence-electron chi connectivity index (χ1n) is 7.94. The average Bonchev–Trinajstić information content (AvgIpc) is 3.21. The number of benzene rings is 1. The summed E-state index contributed by atoms with van der Waals surface area (Å²) in [5.41, 5.74) is 3.49. The fraction of sp³-hybridized carbons (Fsp3) is 0.211. The SMILES string of the molecule is Cc1cc(-c2csc(NC(=O)CSCc3ccc(C#N)cc3)n2)c(C)o1. The van der Waals surface area contributed by atoms with Crippen LogP contribution in [-0.2, 0) is 10.5 Å². The lowest BCUT2D eigenvalue weighted by atomic mass is 10.2. The second-order valence-electron chi connectivity index (χ2n) is 5.71. The summed E-state index contributed by atoms with van der Waals surface area (Å²) in [5.74, 6) is 2.65. The number of anilines is 1. The van der Waals surface area contributed by atoms with Crippen molar-refractivity contribution < 1.29 is 9.21 Å². The van der Waals surface area contributed by atoms with Crippen molar-refractivity contribution in [2.75, 3.05) is 11.1 Å². The summed E-state index contributed by atoms with van der Waals surface area (Å²) in [6, 6.07) is 11.4. The number of aromatic nitrogens is 1. The van der Waals surface area contributed by atoms with Gasteiger partial charge in [-0.15, -0.1) is 23.1 Å². The Morgan fingerprint density at radius 1 is 1.35 bits per heavy atom. The molecular formula is C19H17N3O2S2. The van der Waals surface area contributed by atoms with Gasteiger partial charge in [0.15, 0.2) is 5.13 Å². The predicted octanol–water partition coefficient (Wildman–Crippen LogP) is 4.76. The van der Waals surface area contributed by atoms with Crippen LogP contribution in [-0.4, -0.2) is 16.6 Å². The van der Waals surface area contributed by atoms with Crippen LogP contribution in [0.25, 0.3) is 11.3 Å². The fourth-order valence-corrected chi connectivity index (χ4v) is 3.95. The third-order valence-electron chi connectivity index (χ3n) is 3.65. The molecule has 0 unspecified atom stereocenters. The number of thioether (sulfide) groups is 1. The van der Waals surface area contributed by atoms with Crippen LogP contribution in [0.5, 0.6) is 0 Å². The zero-order valence-corrected chi connectivity index (χ0v) is 16.0. The molecule has 132 valence electrons. The minimum Gasteiger partial charge on any atom is -0.466 e. The van der Waals surface area contributed by atoms with Gasteiger partial charge in [0.05, 0.1) is 23.1 Å².